The molecular weight excluding hydrogens is 311 g/mol. The number of carbonyl (C=O) groups is 1. The first kappa shape index (κ1) is 13.0. The van der Waals surface area contributed by atoms with Crippen molar-refractivity contribution in [1.82, 2.24) is 4.98 Å². The Balaban J connectivity index is 3.34. The van der Waals surface area contributed by atoms with E-state index in [0.717, 1.165) is 3.71 Å². The van der Waals surface area contributed by atoms with E-state index in [1.165, 1.54) is 13.3 Å². The molecular formula is C11H14N2O2Sn. The van der Waals surface area contributed by atoms with E-state index in [9.17, 15) is 4.79 Å². The van der Waals surface area contributed by atoms with E-state index >= 15 is 0 Å². The number of aromatic nitrogens is 1. The predicted octanol–water partition coefficient (Wildman–Crippen LogP) is 1.29. The van der Waals surface area contributed by atoms with Crippen molar-refractivity contribution in [2.75, 3.05) is 7.11 Å². The van der Waals surface area contributed by atoms with Gasteiger partial charge >= 0.3 is 99.2 Å². The van der Waals surface area contributed by atoms with E-state index in [-0.39, 0.29) is 5.56 Å². The van der Waals surface area contributed by atoms with E-state index in [0.29, 0.717) is 5.56 Å². The second kappa shape index (κ2) is 4.83. The third-order valence-corrected chi connectivity index (χ3v) is 7.36. The van der Waals surface area contributed by atoms with E-state index in [4.69, 9.17) is 5.26 Å². The van der Waals surface area contributed by atoms with Gasteiger partial charge in [0.15, 0.2) is 0 Å². The van der Waals surface area contributed by atoms with Gasteiger partial charge in [-0.05, 0) is 0 Å². The Labute approximate surface area is 99.1 Å². The van der Waals surface area contributed by atoms with E-state index < -0.39 is 24.3 Å². The zero-order valence-corrected chi connectivity index (χ0v) is 12.7. The molecule has 0 saturated heterocycles. The number of esters is 1. The van der Waals surface area contributed by atoms with Gasteiger partial charge in [-0.1, -0.05) is 0 Å². The molecule has 0 aliphatic rings. The van der Waals surface area contributed by atoms with Gasteiger partial charge in [0.1, 0.15) is 0 Å². The number of nitriles is 1. The SMILES string of the molecule is COC(=O)c1c[c]([Sn]([CH3])([CH3])[CH3])ncc1C#N. The van der Waals surface area contributed by atoms with E-state index in [1.54, 1.807) is 6.07 Å². The van der Waals surface area contributed by atoms with Crippen LogP contribution in [0.25, 0.3) is 0 Å². The zero-order valence-electron chi connectivity index (χ0n) is 9.87. The van der Waals surface area contributed by atoms with Crippen LogP contribution in [0, 0.1) is 11.3 Å². The van der Waals surface area contributed by atoms with Crippen LogP contribution in [-0.2, 0) is 4.74 Å². The summed E-state index contributed by atoms with van der Waals surface area (Å²) in [6.45, 7) is 0. The quantitative estimate of drug-likeness (QED) is 0.607. The van der Waals surface area contributed by atoms with Gasteiger partial charge in [-0.15, -0.1) is 0 Å². The van der Waals surface area contributed by atoms with Crippen LogP contribution in [0.3, 0.4) is 0 Å². The Morgan fingerprint density at radius 1 is 1.50 bits per heavy atom. The molecule has 0 atom stereocenters. The molecule has 0 saturated carbocycles. The third kappa shape index (κ3) is 2.73. The molecule has 4 nitrogen and oxygen atoms in total. The second-order valence-corrected chi connectivity index (χ2v) is 18.8. The molecule has 0 N–H and O–H groups in total. The third-order valence-electron chi connectivity index (χ3n) is 2.20. The van der Waals surface area contributed by atoms with Gasteiger partial charge in [0.2, 0.25) is 0 Å². The van der Waals surface area contributed by atoms with Gasteiger partial charge in [0.05, 0.1) is 0 Å². The number of rotatable bonds is 2. The van der Waals surface area contributed by atoms with Crippen molar-refractivity contribution >= 4 is 28.1 Å². The molecule has 0 aliphatic heterocycles. The summed E-state index contributed by atoms with van der Waals surface area (Å²) in [6.07, 6.45) is 1.46. The number of nitrogens with zero attached hydrogens (tertiary/aromatic N) is 2. The number of carbonyl (C=O) groups excluding carboxylic acids is 1. The number of ether oxygens (including phenoxy) is 1. The molecule has 0 aliphatic carbocycles. The molecule has 1 rings (SSSR count). The average molecular weight is 325 g/mol. The molecule has 0 unspecified atom stereocenters. The summed E-state index contributed by atoms with van der Waals surface area (Å²) < 4.78 is 5.62. The summed E-state index contributed by atoms with van der Waals surface area (Å²) in [5.41, 5.74) is 0.591. The van der Waals surface area contributed by atoms with E-state index in [2.05, 4.69) is 24.5 Å². The van der Waals surface area contributed by atoms with Crippen LogP contribution in [0.1, 0.15) is 15.9 Å². The fourth-order valence-corrected chi connectivity index (χ4v) is 4.17. The molecule has 0 bridgehead atoms. The monoisotopic (exact) mass is 326 g/mol. The van der Waals surface area contributed by atoms with Gasteiger partial charge in [-0.25, -0.2) is 0 Å². The number of hydrogen-bond acceptors (Lipinski definition) is 4. The fourth-order valence-electron chi connectivity index (χ4n) is 1.23. The van der Waals surface area contributed by atoms with E-state index in [1.807, 2.05) is 6.07 Å². The minimum atomic E-state index is -2.31. The summed E-state index contributed by atoms with van der Waals surface area (Å²) in [4.78, 5) is 22.4. The Morgan fingerprint density at radius 3 is 2.56 bits per heavy atom. The molecule has 1 aromatic rings. The average Bonchev–Trinajstić information content (AvgIpc) is 2.25. The van der Waals surface area contributed by atoms with Crippen LogP contribution in [0.4, 0.5) is 0 Å². The summed E-state index contributed by atoms with van der Waals surface area (Å²) in [7, 11) is 1.31. The topological polar surface area (TPSA) is 63.0 Å². The zero-order chi connectivity index (χ0) is 12.3. The van der Waals surface area contributed by atoms with Crippen LogP contribution in [0.2, 0.25) is 14.8 Å². The number of pyridine rings is 1. The second-order valence-electron chi connectivity index (χ2n) is 4.47. The van der Waals surface area contributed by atoms with Crippen molar-refractivity contribution in [3.05, 3.63) is 23.4 Å². The van der Waals surface area contributed by atoms with Gasteiger partial charge in [-0.3, -0.25) is 0 Å². The first-order valence-electron chi connectivity index (χ1n) is 4.89. The predicted molar refractivity (Wildman–Crippen MR) is 63.3 cm³/mol. The normalized spacial score (nSPS) is 10.7. The van der Waals surface area contributed by atoms with Crippen molar-refractivity contribution in [1.29, 1.82) is 5.26 Å². The van der Waals surface area contributed by atoms with Crippen molar-refractivity contribution in [2.45, 2.75) is 14.8 Å². The van der Waals surface area contributed by atoms with Crippen molar-refractivity contribution in [2.24, 2.45) is 0 Å². The Morgan fingerprint density at radius 2 is 2.12 bits per heavy atom. The molecule has 1 heterocycles. The molecule has 0 amide bonds. The van der Waals surface area contributed by atoms with Gasteiger partial charge in [0, 0.05) is 0 Å². The Hall–Kier alpha value is -1.09. The van der Waals surface area contributed by atoms with Gasteiger partial charge < -0.3 is 0 Å². The van der Waals surface area contributed by atoms with Crippen LogP contribution >= 0.6 is 0 Å². The Kier molecular flexibility index (Phi) is 3.92. The fraction of sp³-hybridized carbons (Fsp3) is 0.364. The number of hydrogen-bond donors (Lipinski definition) is 0. The summed E-state index contributed by atoms with van der Waals surface area (Å²) in [5, 5.41) is 8.88. The first-order chi connectivity index (χ1) is 7.40. The van der Waals surface area contributed by atoms with Crippen LogP contribution < -0.4 is 3.71 Å². The number of methoxy groups -OCH3 is 1. The molecule has 84 valence electrons. The maximum atomic E-state index is 11.5. The maximum absolute atomic E-state index is 11.5. The standard InChI is InChI=1S/C8H5N2O2.3CH3.Sn/c1-12-8(11)7-2-3-10-5-6(7)4-9;;;;/h2,5H,1H3;3*1H3;. The molecule has 16 heavy (non-hydrogen) atoms. The van der Waals surface area contributed by atoms with Gasteiger partial charge in [-0.2, -0.15) is 0 Å². The first-order valence-corrected chi connectivity index (χ1v) is 14.9. The molecule has 0 fully saturated rings. The van der Waals surface area contributed by atoms with Gasteiger partial charge in [0.25, 0.3) is 0 Å². The van der Waals surface area contributed by atoms with Crippen LogP contribution in [0.5, 0.6) is 0 Å². The summed E-state index contributed by atoms with van der Waals surface area (Å²) in [6, 6.07) is 3.66. The van der Waals surface area contributed by atoms with Crippen molar-refractivity contribution in [3.8, 4) is 6.07 Å². The summed E-state index contributed by atoms with van der Waals surface area (Å²) >= 11 is -2.31. The molecule has 0 radical (unpaired) electrons. The van der Waals surface area contributed by atoms with Crippen LogP contribution in [0.15, 0.2) is 12.3 Å². The molecule has 0 aromatic carbocycles. The van der Waals surface area contributed by atoms with Crippen molar-refractivity contribution < 1.29 is 9.53 Å². The van der Waals surface area contributed by atoms with Crippen LogP contribution in [-0.4, -0.2) is 36.4 Å². The molecule has 5 heteroatoms. The molecule has 0 spiro atoms. The van der Waals surface area contributed by atoms with Crippen molar-refractivity contribution in [3.63, 3.8) is 0 Å². The Bertz CT molecular complexity index is 458. The molecule has 1 aromatic heterocycles. The minimum absolute atomic E-state index is 0.270. The summed E-state index contributed by atoms with van der Waals surface area (Å²) in [5.74, 6) is -0.476.